The quantitative estimate of drug-likeness (QED) is 0.862. The molecule has 0 atom stereocenters. The van der Waals surface area contributed by atoms with Crippen molar-refractivity contribution in [3.63, 3.8) is 0 Å². The number of amides is 1. The van der Waals surface area contributed by atoms with E-state index in [2.05, 4.69) is 10.6 Å². The van der Waals surface area contributed by atoms with Crippen molar-refractivity contribution in [3.8, 4) is 0 Å². The van der Waals surface area contributed by atoms with Crippen LogP contribution in [0.4, 0.5) is 5.69 Å². The molecule has 0 radical (unpaired) electrons. The van der Waals surface area contributed by atoms with Crippen LogP contribution in [0.25, 0.3) is 0 Å². The van der Waals surface area contributed by atoms with Crippen molar-refractivity contribution in [3.05, 3.63) is 53.9 Å². The van der Waals surface area contributed by atoms with Gasteiger partial charge in [0.15, 0.2) is 0 Å². The van der Waals surface area contributed by atoms with Gasteiger partial charge in [-0.3, -0.25) is 4.79 Å². The van der Waals surface area contributed by atoms with E-state index in [0.717, 1.165) is 12.2 Å². The fraction of sp³-hybridized carbons (Fsp3) is 0.267. The Labute approximate surface area is 113 Å². The number of aromatic nitrogens is 1. The predicted octanol–water partition coefficient (Wildman–Crippen LogP) is 2.15. The van der Waals surface area contributed by atoms with Crippen molar-refractivity contribution < 1.29 is 4.79 Å². The molecule has 1 aromatic carbocycles. The molecule has 1 aromatic heterocycles. The Morgan fingerprint density at radius 1 is 1.21 bits per heavy atom. The molecule has 0 spiro atoms. The zero-order valence-electron chi connectivity index (χ0n) is 11.3. The van der Waals surface area contributed by atoms with E-state index in [4.69, 9.17) is 0 Å². The normalized spacial score (nSPS) is 10.4. The highest BCUT2D eigenvalue weighted by atomic mass is 16.1. The summed E-state index contributed by atoms with van der Waals surface area (Å²) in [5.74, 6) is -0.0181. The van der Waals surface area contributed by atoms with Gasteiger partial charge in [-0.1, -0.05) is 17.7 Å². The second kappa shape index (κ2) is 6.20. The number of carbonyl (C=O) groups excluding carboxylic acids is 1. The first kappa shape index (κ1) is 13.4. The van der Waals surface area contributed by atoms with Gasteiger partial charge in [0, 0.05) is 24.6 Å². The molecule has 100 valence electrons. The largest absolute Gasteiger partial charge is 0.345 e. The molecule has 4 heteroatoms. The van der Waals surface area contributed by atoms with Crippen LogP contribution in [-0.2, 0) is 17.9 Å². The minimum Gasteiger partial charge on any atom is -0.345 e. The van der Waals surface area contributed by atoms with Gasteiger partial charge in [0.2, 0.25) is 5.91 Å². The second-order valence-electron chi connectivity index (χ2n) is 4.64. The van der Waals surface area contributed by atoms with Gasteiger partial charge in [0.25, 0.3) is 0 Å². The first-order valence-electron chi connectivity index (χ1n) is 6.33. The van der Waals surface area contributed by atoms with Crippen LogP contribution >= 0.6 is 0 Å². The maximum atomic E-state index is 11.9. The van der Waals surface area contributed by atoms with Crippen LogP contribution in [0, 0.1) is 6.92 Å². The van der Waals surface area contributed by atoms with E-state index in [9.17, 15) is 4.79 Å². The number of nitrogens with zero attached hydrogens (tertiary/aromatic N) is 1. The highest BCUT2D eigenvalue weighted by molar-refractivity contribution is 5.90. The van der Waals surface area contributed by atoms with Gasteiger partial charge in [-0.25, -0.2) is 0 Å². The number of carbonyl (C=O) groups is 1. The minimum atomic E-state index is -0.0181. The average molecular weight is 257 g/mol. The van der Waals surface area contributed by atoms with Crippen LogP contribution in [0.2, 0.25) is 0 Å². The molecule has 0 aliphatic rings. The van der Waals surface area contributed by atoms with Crippen molar-refractivity contribution in [2.75, 3.05) is 12.4 Å². The molecule has 0 saturated heterocycles. The molecule has 2 aromatic rings. The lowest BCUT2D eigenvalue weighted by Crippen LogP contribution is -2.17. The molecule has 0 fully saturated rings. The van der Waals surface area contributed by atoms with E-state index in [1.54, 1.807) is 0 Å². The van der Waals surface area contributed by atoms with Crippen molar-refractivity contribution in [2.45, 2.75) is 20.0 Å². The number of hydrogen-bond donors (Lipinski definition) is 2. The summed E-state index contributed by atoms with van der Waals surface area (Å²) < 4.78 is 1.89. The molecule has 2 N–H and O–H groups in total. The molecule has 0 aliphatic heterocycles. The van der Waals surface area contributed by atoms with Crippen LogP contribution in [0.5, 0.6) is 0 Å². The molecule has 2 rings (SSSR count). The standard InChI is InChI=1S/C15H19N3O/c1-12-3-5-14(6-4-12)17-15(19)11-18-8-7-13(10-18)9-16-2/h3-8,10,16H,9,11H2,1-2H3,(H,17,19). The number of anilines is 1. The Morgan fingerprint density at radius 2 is 1.95 bits per heavy atom. The molecular weight excluding hydrogens is 238 g/mol. The maximum Gasteiger partial charge on any atom is 0.244 e. The third-order valence-corrected chi connectivity index (χ3v) is 2.85. The Hall–Kier alpha value is -2.07. The lowest BCUT2D eigenvalue weighted by atomic mass is 10.2. The van der Waals surface area contributed by atoms with E-state index in [1.807, 2.05) is 61.3 Å². The van der Waals surface area contributed by atoms with E-state index in [-0.39, 0.29) is 5.91 Å². The fourth-order valence-corrected chi connectivity index (χ4v) is 1.90. The summed E-state index contributed by atoms with van der Waals surface area (Å²) in [6.07, 6.45) is 3.90. The summed E-state index contributed by atoms with van der Waals surface area (Å²) in [7, 11) is 1.90. The molecule has 19 heavy (non-hydrogen) atoms. The van der Waals surface area contributed by atoms with E-state index < -0.39 is 0 Å². The van der Waals surface area contributed by atoms with Gasteiger partial charge >= 0.3 is 0 Å². The summed E-state index contributed by atoms with van der Waals surface area (Å²) in [6, 6.07) is 9.80. The van der Waals surface area contributed by atoms with Crippen LogP contribution in [0.3, 0.4) is 0 Å². The zero-order valence-corrected chi connectivity index (χ0v) is 11.3. The molecule has 0 bridgehead atoms. The molecule has 0 saturated carbocycles. The lowest BCUT2D eigenvalue weighted by Gasteiger charge is -2.06. The molecule has 0 unspecified atom stereocenters. The third-order valence-electron chi connectivity index (χ3n) is 2.85. The summed E-state index contributed by atoms with van der Waals surface area (Å²) in [6.45, 7) is 3.17. The first-order valence-corrected chi connectivity index (χ1v) is 6.33. The minimum absolute atomic E-state index is 0.0181. The molecular formula is C15H19N3O. The summed E-state index contributed by atoms with van der Waals surface area (Å²) in [5, 5.41) is 5.97. The molecule has 1 heterocycles. The van der Waals surface area contributed by atoms with Crippen molar-refractivity contribution >= 4 is 11.6 Å². The Morgan fingerprint density at radius 3 is 2.63 bits per heavy atom. The number of nitrogens with one attached hydrogen (secondary N) is 2. The first-order chi connectivity index (χ1) is 9.17. The topological polar surface area (TPSA) is 46.1 Å². The van der Waals surface area contributed by atoms with Gasteiger partial charge in [0.05, 0.1) is 0 Å². The van der Waals surface area contributed by atoms with Crippen LogP contribution in [0.1, 0.15) is 11.1 Å². The van der Waals surface area contributed by atoms with Gasteiger partial charge in [-0.05, 0) is 37.7 Å². The van der Waals surface area contributed by atoms with Gasteiger partial charge in [-0.15, -0.1) is 0 Å². The highest BCUT2D eigenvalue weighted by Crippen LogP contribution is 2.09. The van der Waals surface area contributed by atoms with Crippen LogP contribution < -0.4 is 10.6 Å². The number of aryl methyl sites for hydroxylation is 1. The summed E-state index contributed by atoms with van der Waals surface area (Å²) >= 11 is 0. The monoisotopic (exact) mass is 257 g/mol. The third kappa shape index (κ3) is 3.96. The van der Waals surface area contributed by atoms with Crippen molar-refractivity contribution in [1.29, 1.82) is 0 Å². The number of benzene rings is 1. The van der Waals surface area contributed by atoms with Crippen LogP contribution in [-0.4, -0.2) is 17.5 Å². The smallest absolute Gasteiger partial charge is 0.244 e. The predicted molar refractivity (Wildman–Crippen MR) is 77.0 cm³/mol. The van der Waals surface area contributed by atoms with Crippen LogP contribution in [0.15, 0.2) is 42.7 Å². The zero-order chi connectivity index (χ0) is 13.7. The van der Waals surface area contributed by atoms with Crippen molar-refractivity contribution in [2.24, 2.45) is 0 Å². The lowest BCUT2D eigenvalue weighted by molar-refractivity contribution is -0.116. The summed E-state index contributed by atoms with van der Waals surface area (Å²) in [5.41, 5.74) is 3.18. The summed E-state index contributed by atoms with van der Waals surface area (Å²) in [4.78, 5) is 11.9. The maximum absolute atomic E-state index is 11.9. The average Bonchev–Trinajstić information content (AvgIpc) is 2.80. The van der Waals surface area contributed by atoms with E-state index in [1.165, 1.54) is 11.1 Å². The van der Waals surface area contributed by atoms with Gasteiger partial charge in [0.1, 0.15) is 6.54 Å². The Kier molecular flexibility index (Phi) is 4.36. The number of hydrogen-bond acceptors (Lipinski definition) is 2. The molecule has 0 aliphatic carbocycles. The van der Waals surface area contributed by atoms with E-state index in [0.29, 0.717) is 6.54 Å². The highest BCUT2D eigenvalue weighted by Gasteiger charge is 2.04. The molecule has 4 nitrogen and oxygen atoms in total. The van der Waals surface area contributed by atoms with E-state index >= 15 is 0 Å². The number of rotatable bonds is 5. The molecule has 1 amide bonds. The van der Waals surface area contributed by atoms with Gasteiger partial charge < -0.3 is 15.2 Å². The van der Waals surface area contributed by atoms with Gasteiger partial charge in [-0.2, -0.15) is 0 Å². The Balaban J connectivity index is 1.91. The van der Waals surface area contributed by atoms with Crippen molar-refractivity contribution in [1.82, 2.24) is 9.88 Å². The Bertz CT molecular complexity index is 543. The SMILES string of the molecule is CNCc1ccn(CC(=O)Nc2ccc(C)cc2)c1. The second-order valence-corrected chi connectivity index (χ2v) is 4.64. The fourth-order valence-electron chi connectivity index (χ4n) is 1.90.